The van der Waals surface area contributed by atoms with E-state index in [0.29, 0.717) is 16.7 Å². The number of thioether (sulfide) groups is 1. The lowest BCUT2D eigenvalue weighted by Crippen LogP contribution is -2.37. The van der Waals surface area contributed by atoms with Gasteiger partial charge in [0.1, 0.15) is 0 Å². The van der Waals surface area contributed by atoms with Crippen molar-refractivity contribution in [3.63, 3.8) is 0 Å². The lowest BCUT2D eigenvalue weighted by atomic mass is 10.1. The van der Waals surface area contributed by atoms with Gasteiger partial charge in [-0.05, 0) is 44.4 Å². The maximum absolute atomic E-state index is 12.5. The molecule has 3 rings (SSSR count). The molecule has 26 heavy (non-hydrogen) atoms. The number of aromatic nitrogens is 2. The molecule has 2 aromatic carbocycles. The monoisotopic (exact) mass is 368 g/mol. The van der Waals surface area contributed by atoms with E-state index in [-0.39, 0.29) is 6.61 Å². The zero-order valence-corrected chi connectivity index (χ0v) is 15.7. The van der Waals surface area contributed by atoms with Crippen LogP contribution in [0.5, 0.6) is 0 Å². The first-order valence-electron chi connectivity index (χ1n) is 8.23. The van der Waals surface area contributed by atoms with Gasteiger partial charge >= 0.3 is 6.09 Å². The number of nitrogens with one attached hydrogen (secondary N) is 1. The van der Waals surface area contributed by atoms with Crippen LogP contribution >= 0.6 is 11.8 Å². The number of rotatable bonds is 5. The molecule has 3 aromatic rings. The molecule has 1 N–H and O–H groups in total. The van der Waals surface area contributed by atoms with Crippen molar-refractivity contribution in [3.05, 3.63) is 54.1 Å². The Balaban J connectivity index is 2.08. The number of hydrazine groups is 1. The van der Waals surface area contributed by atoms with Crippen LogP contribution in [0.3, 0.4) is 0 Å². The third-order valence-electron chi connectivity index (χ3n) is 3.70. The number of benzene rings is 2. The van der Waals surface area contributed by atoms with E-state index in [2.05, 4.69) is 15.4 Å². The minimum Gasteiger partial charge on any atom is -0.448 e. The van der Waals surface area contributed by atoms with E-state index in [1.54, 1.807) is 6.92 Å². The summed E-state index contributed by atoms with van der Waals surface area (Å²) in [6.45, 7) is 4.06. The standard InChI is InChI=1S/C19H20N4O2S/c1-4-25-19(24)23(14-8-6-5-7-9-14)22-17-15-12-13(2)10-11-16(15)20-18(21-17)26-3/h5-12H,4H2,1-3H3,(H,20,21,22). The predicted molar refractivity (Wildman–Crippen MR) is 106 cm³/mol. The van der Waals surface area contributed by atoms with Gasteiger partial charge in [0.2, 0.25) is 0 Å². The van der Waals surface area contributed by atoms with Crippen molar-refractivity contribution in [2.75, 3.05) is 23.3 Å². The van der Waals surface area contributed by atoms with E-state index in [4.69, 9.17) is 4.74 Å². The van der Waals surface area contributed by atoms with Crippen molar-refractivity contribution in [2.24, 2.45) is 0 Å². The lowest BCUT2D eigenvalue weighted by Gasteiger charge is -2.23. The Kier molecular flexibility index (Phi) is 5.58. The number of anilines is 2. The maximum Gasteiger partial charge on any atom is 0.433 e. The van der Waals surface area contributed by atoms with E-state index < -0.39 is 6.09 Å². The van der Waals surface area contributed by atoms with E-state index in [9.17, 15) is 4.79 Å². The molecule has 6 nitrogen and oxygen atoms in total. The number of hydrogen-bond acceptors (Lipinski definition) is 6. The molecule has 0 fully saturated rings. The summed E-state index contributed by atoms with van der Waals surface area (Å²) < 4.78 is 5.20. The van der Waals surface area contributed by atoms with Crippen LogP contribution in [0.2, 0.25) is 0 Å². The number of ether oxygens (including phenoxy) is 1. The Morgan fingerprint density at radius 3 is 2.65 bits per heavy atom. The van der Waals surface area contributed by atoms with Crippen molar-refractivity contribution >= 4 is 40.3 Å². The summed E-state index contributed by atoms with van der Waals surface area (Å²) in [5, 5.41) is 2.83. The Morgan fingerprint density at radius 1 is 1.19 bits per heavy atom. The highest BCUT2D eigenvalue weighted by Gasteiger charge is 2.19. The van der Waals surface area contributed by atoms with Gasteiger partial charge in [0.05, 0.1) is 17.8 Å². The Labute approximate surface area is 156 Å². The Hall–Kier alpha value is -2.80. The zero-order chi connectivity index (χ0) is 18.5. The van der Waals surface area contributed by atoms with E-state index in [1.807, 2.05) is 61.7 Å². The molecule has 0 bridgehead atoms. The van der Waals surface area contributed by atoms with Crippen molar-refractivity contribution < 1.29 is 9.53 Å². The van der Waals surface area contributed by atoms with Crippen LogP contribution in [-0.2, 0) is 4.74 Å². The molecule has 0 radical (unpaired) electrons. The second-order valence-electron chi connectivity index (χ2n) is 5.56. The number of carbonyl (C=O) groups is 1. The fraction of sp³-hybridized carbons (Fsp3) is 0.211. The van der Waals surface area contributed by atoms with Crippen LogP contribution in [0.25, 0.3) is 10.9 Å². The van der Waals surface area contributed by atoms with Crippen LogP contribution in [0.15, 0.2) is 53.7 Å². The molecule has 1 aromatic heterocycles. The van der Waals surface area contributed by atoms with Crippen molar-refractivity contribution in [3.8, 4) is 0 Å². The summed E-state index contributed by atoms with van der Waals surface area (Å²) in [5.41, 5.74) is 5.68. The van der Waals surface area contributed by atoms with Gasteiger partial charge in [0.15, 0.2) is 11.0 Å². The normalized spacial score (nSPS) is 10.6. The molecule has 1 amide bonds. The van der Waals surface area contributed by atoms with Crippen LogP contribution in [0, 0.1) is 6.92 Å². The second-order valence-corrected chi connectivity index (χ2v) is 6.33. The molecule has 0 unspecified atom stereocenters. The van der Waals surface area contributed by atoms with Gasteiger partial charge in [0, 0.05) is 5.39 Å². The van der Waals surface area contributed by atoms with E-state index in [1.165, 1.54) is 16.8 Å². The van der Waals surface area contributed by atoms with Gasteiger partial charge in [-0.3, -0.25) is 5.43 Å². The second kappa shape index (κ2) is 8.05. The summed E-state index contributed by atoms with van der Waals surface area (Å²) >= 11 is 1.45. The third-order valence-corrected chi connectivity index (χ3v) is 4.24. The molecule has 0 saturated heterocycles. The first-order valence-corrected chi connectivity index (χ1v) is 9.46. The van der Waals surface area contributed by atoms with Crippen LogP contribution in [0.4, 0.5) is 16.3 Å². The molecule has 0 atom stereocenters. The third kappa shape index (κ3) is 3.88. The summed E-state index contributed by atoms with van der Waals surface area (Å²) in [5.74, 6) is 0.556. The van der Waals surface area contributed by atoms with Gasteiger partial charge in [0.25, 0.3) is 0 Å². The molecule has 0 aliphatic rings. The molecule has 134 valence electrons. The number of amides is 1. The van der Waals surface area contributed by atoms with Crippen molar-refractivity contribution in [1.29, 1.82) is 0 Å². The molecule has 0 aliphatic heterocycles. The Bertz CT molecular complexity index is 918. The largest absolute Gasteiger partial charge is 0.448 e. The van der Waals surface area contributed by atoms with E-state index >= 15 is 0 Å². The molecule has 0 saturated carbocycles. The van der Waals surface area contributed by atoms with Crippen molar-refractivity contribution in [1.82, 2.24) is 9.97 Å². The molecular weight excluding hydrogens is 348 g/mol. The smallest absolute Gasteiger partial charge is 0.433 e. The number of para-hydroxylation sites is 1. The average Bonchev–Trinajstić information content (AvgIpc) is 2.66. The first kappa shape index (κ1) is 18.0. The van der Waals surface area contributed by atoms with Gasteiger partial charge < -0.3 is 4.74 Å². The SMILES string of the molecule is CCOC(=O)N(Nc1nc(SC)nc2ccc(C)cc12)c1ccccc1. The van der Waals surface area contributed by atoms with Crippen molar-refractivity contribution in [2.45, 2.75) is 19.0 Å². The summed E-state index contributed by atoms with van der Waals surface area (Å²) in [7, 11) is 0. The summed E-state index contributed by atoms with van der Waals surface area (Å²) in [6.07, 6.45) is 1.42. The number of nitrogens with zero attached hydrogens (tertiary/aromatic N) is 3. The average molecular weight is 368 g/mol. The topological polar surface area (TPSA) is 67.3 Å². The first-order chi connectivity index (χ1) is 12.6. The fourth-order valence-corrected chi connectivity index (χ4v) is 2.86. The maximum atomic E-state index is 12.5. The molecular formula is C19H20N4O2S. The van der Waals surface area contributed by atoms with Crippen LogP contribution in [-0.4, -0.2) is 28.9 Å². The minimum atomic E-state index is -0.496. The minimum absolute atomic E-state index is 0.281. The highest BCUT2D eigenvalue weighted by atomic mass is 32.2. The molecule has 0 spiro atoms. The van der Waals surface area contributed by atoms with Gasteiger partial charge in [-0.1, -0.05) is 41.6 Å². The predicted octanol–water partition coefficient (Wildman–Crippen LogP) is 4.65. The van der Waals surface area contributed by atoms with Crippen LogP contribution in [0.1, 0.15) is 12.5 Å². The number of carbonyl (C=O) groups excluding carboxylic acids is 1. The fourth-order valence-electron chi connectivity index (χ4n) is 2.48. The number of hydrogen-bond donors (Lipinski definition) is 1. The molecule has 1 heterocycles. The number of aryl methyl sites for hydroxylation is 1. The van der Waals surface area contributed by atoms with Crippen LogP contribution < -0.4 is 10.4 Å². The number of fused-ring (bicyclic) bond motifs is 1. The highest BCUT2D eigenvalue weighted by Crippen LogP contribution is 2.26. The van der Waals surface area contributed by atoms with E-state index in [0.717, 1.165) is 16.5 Å². The van der Waals surface area contributed by atoms with Gasteiger partial charge in [-0.25, -0.2) is 14.8 Å². The molecule has 0 aliphatic carbocycles. The summed E-state index contributed by atoms with van der Waals surface area (Å²) in [4.78, 5) is 21.6. The Morgan fingerprint density at radius 2 is 1.96 bits per heavy atom. The van der Waals surface area contributed by atoms with Gasteiger partial charge in [-0.15, -0.1) is 0 Å². The molecule has 7 heteroatoms. The zero-order valence-electron chi connectivity index (χ0n) is 14.9. The lowest BCUT2D eigenvalue weighted by molar-refractivity contribution is 0.161. The highest BCUT2D eigenvalue weighted by molar-refractivity contribution is 7.98. The quantitative estimate of drug-likeness (QED) is 0.402. The van der Waals surface area contributed by atoms with Gasteiger partial charge in [-0.2, -0.15) is 5.01 Å². The summed E-state index contributed by atoms with van der Waals surface area (Å²) in [6, 6.07) is 15.2.